The number of Topliss-reactive ketones (excluding diaryl/α,β-unsaturated/α-hetero) is 1. The van der Waals surface area contributed by atoms with E-state index in [0.29, 0.717) is 43.3 Å². The van der Waals surface area contributed by atoms with Gasteiger partial charge in [-0.25, -0.2) is 8.42 Å². The molecule has 1 saturated heterocycles. The van der Waals surface area contributed by atoms with Gasteiger partial charge in [-0.3, -0.25) is 4.79 Å². The lowest BCUT2D eigenvalue weighted by molar-refractivity contribution is 0.0730. The number of ether oxygens (including phenoxy) is 2. The first-order chi connectivity index (χ1) is 13.0. The molecule has 0 aromatic heterocycles. The van der Waals surface area contributed by atoms with Gasteiger partial charge in [0.2, 0.25) is 10.0 Å². The topological polar surface area (TPSA) is 84.9 Å². The average molecular weight is 390 g/mol. The van der Waals surface area contributed by atoms with Gasteiger partial charge >= 0.3 is 0 Å². The Labute approximate surface area is 158 Å². The number of methoxy groups -OCH3 is 1. The summed E-state index contributed by atoms with van der Waals surface area (Å²) in [6, 6.07) is 13.3. The van der Waals surface area contributed by atoms with Gasteiger partial charge in [0.15, 0.2) is 5.78 Å². The normalized spacial score (nSPS) is 15.3. The fraction of sp³-hybridized carbons (Fsp3) is 0.316. The molecule has 0 bridgehead atoms. The van der Waals surface area contributed by atoms with E-state index in [1.54, 1.807) is 55.6 Å². The number of ketones is 1. The largest absolute Gasteiger partial charge is 0.497 e. The summed E-state index contributed by atoms with van der Waals surface area (Å²) in [5, 5.41) is 3.02. The molecule has 0 amide bonds. The number of carbonyl (C=O) groups is 1. The van der Waals surface area contributed by atoms with Crippen LogP contribution in [0, 0.1) is 0 Å². The third kappa shape index (κ3) is 4.65. The van der Waals surface area contributed by atoms with Crippen molar-refractivity contribution < 1.29 is 22.7 Å². The zero-order valence-corrected chi connectivity index (χ0v) is 15.9. The number of sulfonamides is 1. The van der Waals surface area contributed by atoms with E-state index in [1.165, 1.54) is 4.31 Å². The van der Waals surface area contributed by atoms with Crippen molar-refractivity contribution in [3.05, 3.63) is 54.1 Å². The minimum absolute atomic E-state index is 0.0670. The molecule has 144 valence electrons. The highest BCUT2D eigenvalue weighted by Gasteiger charge is 2.26. The van der Waals surface area contributed by atoms with Gasteiger partial charge in [0.25, 0.3) is 0 Å². The highest BCUT2D eigenvalue weighted by atomic mass is 32.2. The highest BCUT2D eigenvalue weighted by Crippen LogP contribution is 2.19. The lowest BCUT2D eigenvalue weighted by Crippen LogP contribution is -2.40. The summed E-state index contributed by atoms with van der Waals surface area (Å²) in [7, 11) is -1.94. The molecule has 27 heavy (non-hydrogen) atoms. The van der Waals surface area contributed by atoms with Gasteiger partial charge in [-0.1, -0.05) is 0 Å². The van der Waals surface area contributed by atoms with Gasteiger partial charge in [0.1, 0.15) is 5.75 Å². The summed E-state index contributed by atoms with van der Waals surface area (Å²) in [4.78, 5) is 12.5. The van der Waals surface area contributed by atoms with Crippen molar-refractivity contribution in [2.75, 3.05) is 45.3 Å². The van der Waals surface area contributed by atoms with Gasteiger partial charge in [0.05, 0.1) is 31.8 Å². The minimum Gasteiger partial charge on any atom is -0.497 e. The van der Waals surface area contributed by atoms with Crippen molar-refractivity contribution >= 4 is 21.5 Å². The Morgan fingerprint density at radius 2 is 1.70 bits per heavy atom. The van der Waals surface area contributed by atoms with E-state index < -0.39 is 10.0 Å². The Bertz CT molecular complexity index is 873. The molecule has 0 saturated carbocycles. The van der Waals surface area contributed by atoms with Crippen LogP contribution < -0.4 is 10.1 Å². The predicted octanol–water partition coefficient (Wildman–Crippen LogP) is 2.01. The zero-order valence-electron chi connectivity index (χ0n) is 15.1. The molecule has 1 heterocycles. The summed E-state index contributed by atoms with van der Waals surface area (Å²) >= 11 is 0. The van der Waals surface area contributed by atoms with E-state index in [9.17, 15) is 13.2 Å². The van der Waals surface area contributed by atoms with Gasteiger partial charge in [-0.15, -0.1) is 0 Å². The summed E-state index contributed by atoms with van der Waals surface area (Å²) in [5.41, 5.74) is 1.26. The maximum Gasteiger partial charge on any atom is 0.243 e. The van der Waals surface area contributed by atoms with Crippen molar-refractivity contribution in [3.63, 3.8) is 0 Å². The second-order valence-corrected chi connectivity index (χ2v) is 7.98. The number of hydrogen-bond donors (Lipinski definition) is 1. The van der Waals surface area contributed by atoms with E-state index >= 15 is 0 Å². The maximum atomic E-state index is 12.6. The first kappa shape index (κ1) is 19.3. The molecule has 0 radical (unpaired) electrons. The summed E-state index contributed by atoms with van der Waals surface area (Å²) in [6.07, 6.45) is 0. The Balaban J connectivity index is 1.61. The SMILES string of the molecule is COc1ccc(C(=O)CNc2ccc(S(=O)(=O)N3CCOCC3)cc2)cc1. The van der Waals surface area contributed by atoms with Crippen molar-refractivity contribution in [3.8, 4) is 5.75 Å². The molecule has 8 heteroatoms. The van der Waals surface area contributed by atoms with E-state index in [1.807, 2.05) is 0 Å². The van der Waals surface area contributed by atoms with Crippen LogP contribution in [0.3, 0.4) is 0 Å². The number of rotatable bonds is 7. The lowest BCUT2D eigenvalue weighted by Gasteiger charge is -2.26. The first-order valence-corrected chi connectivity index (χ1v) is 10.0. The van der Waals surface area contributed by atoms with Crippen LogP contribution in [0.5, 0.6) is 5.75 Å². The number of morpholine rings is 1. The molecule has 0 atom stereocenters. The number of benzene rings is 2. The highest BCUT2D eigenvalue weighted by molar-refractivity contribution is 7.89. The molecule has 1 aliphatic heterocycles. The van der Waals surface area contributed by atoms with Crippen LogP contribution in [0.4, 0.5) is 5.69 Å². The molecule has 1 fully saturated rings. The van der Waals surface area contributed by atoms with E-state index in [2.05, 4.69) is 5.32 Å². The van der Waals surface area contributed by atoms with Gasteiger partial charge in [-0.2, -0.15) is 4.31 Å². The summed E-state index contributed by atoms with van der Waals surface area (Å²) in [5.74, 6) is 0.624. The number of anilines is 1. The monoisotopic (exact) mass is 390 g/mol. The van der Waals surface area contributed by atoms with Crippen LogP contribution in [-0.2, 0) is 14.8 Å². The lowest BCUT2D eigenvalue weighted by atomic mass is 10.1. The van der Waals surface area contributed by atoms with Crippen LogP contribution in [0.25, 0.3) is 0 Å². The van der Waals surface area contributed by atoms with Crippen molar-refractivity contribution in [1.82, 2.24) is 4.31 Å². The van der Waals surface area contributed by atoms with Crippen molar-refractivity contribution in [2.24, 2.45) is 0 Å². The third-order valence-corrected chi connectivity index (χ3v) is 6.24. The molecule has 3 rings (SSSR count). The molecule has 0 unspecified atom stereocenters. The molecule has 1 N–H and O–H groups in total. The Kier molecular flexibility index (Phi) is 6.10. The van der Waals surface area contributed by atoms with E-state index in [-0.39, 0.29) is 17.2 Å². The van der Waals surface area contributed by atoms with E-state index in [0.717, 1.165) is 0 Å². The van der Waals surface area contributed by atoms with Crippen molar-refractivity contribution in [2.45, 2.75) is 4.90 Å². The van der Waals surface area contributed by atoms with Gasteiger partial charge < -0.3 is 14.8 Å². The number of hydrogen-bond acceptors (Lipinski definition) is 6. The van der Waals surface area contributed by atoms with Crippen molar-refractivity contribution in [1.29, 1.82) is 0 Å². The molecule has 0 aliphatic carbocycles. The maximum absolute atomic E-state index is 12.6. The Morgan fingerprint density at radius 1 is 1.07 bits per heavy atom. The minimum atomic E-state index is -3.51. The fourth-order valence-corrected chi connectivity index (χ4v) is 4.15. The fourth-order valence-electron chi connectivity index (χ4n) is 2.74. The summed E-state index contributed by atoms with van der Waals surface area (Å²) in [6.45, 7) is 1.65. The smallest absolute Gasteiger partial charge is 0.243 e. The number of nitrogens with one attached hydrogen (secondary N) is 1. The van der Waals surface area contributed by atoms with Crippen LogP contribution >= 0.6 is 0 Å². The Morgan fingerprint density at radius 3 is 2.30 bits per heavy atom. The zero-order chi connectivity index (χ0) is 19.3. The van der Waals surface area contributed by atoms with Crippen LogP contribution in [-0.4, -0.2) is 58.5 Å². The average Bonchev–Trinajstić information content (AvgIpc) is 2.73. The molecular formula is C19H22N2O5S. The van der Waals surface area contributed by atoms with E-state index in [4.69, 9.17) is 9.47 Å². The van der Waals surface area contributed by atoms with Crippen LogP contribution in [0.1, 0.15) is 10.4 Å². The van der Waals surface area contributed by atoms with Crippen LogP contribution in [0.15, 0.2) is 53.4 Å². The standard InChI is InChI=1S/C19H22N2O5S/c1-25-17-6-2-15(3-7-17)19(22)14-20-16-4-8-18(9-5-16)27(23,24)21-10-12-26-13-11-21/h2-9,20H,10-14H2,1H3. The first-order valence-electron chi connectivity index (χ1n) is 8.60. The quantitative estimate of drug-likeness (QED) is 0.728. The predicted molar refractivity (Wildman–Crippen MR) is 102 cm³/mol. The summed E-state index contributed by atoms with van der Waals surface area (Å²) < 4.78 is 36.9. The molecule has 2 aromatic rings. The second kappa shape index (κ2) is 8.51. The molecule has 7 nitrogen and oxygen atoms in total. The molecule has 2 aromatic carbocycles. The van der Waals surface area contributed by atoms with Gasteiger partial charge in [0, 0.05) is 24.3 Å². The molecule has 1 aliphatic rings. The third-order valence-electron chi connectivity index (χ3n) is 4.33. The molecular weight excluding hydrogens is 368 g/mol. The second-order valence-electron chi connectivity index (χ2n) is 6.05. The van der Waals surface area contributed by atoms with Gasteiger partial charge in [-0.05, 0) is 48.5 Å². The Hall–Kier alpha value is -2.42. The molecule has 0 spiro atoms. The number of carbonyl (C=O) groups excluding carboxylic acids is 1. The van der Waals surface area contributed by atoms with Crippen LogP contribution in [0.2, 0.25) is 0 Å². The number of nitrogens with zero attached hydrogens (tertiary/aromatic N) is 1.